The van der Waals surface area contributed by atoms with Gasteiger partial charge in [-0.2, -0.15) is 4.57 Å². The van der Waals surface area contributed by atoms with Gasteiger partial charge in [0.05, 0.1) is 0 Å². The van der Waals surface area contributed by atoms with Crippen molar-refractivity contribution in [2.75, 3.05) is 5.32 Å². The molecule has 0 unspecified atom stereocenters. The number of nitrogens with zero attached hydrogens (tertiary/aromatic N) is 1. The number of aromatic nitrogens is 1. The minimum absolute atomic E-state index is 0. The summed E-state index contributed by atoms with van der Waals surface area (Å²) in [5, 5.41) is 2.84. The zero-order valence-electron chi connectivity index (χ0n) is 11.1. The fourth-order valence-corrected chi connectivity index (χ4v) is 1.82. The number of carbonyl (C=O) groups excluding carboxylic acids is 1. The normalized spacial score (nSPS) is 9.58. The molecule has 0 radical (unpaired) electrons. The summed E-state index contributed by atoms with van der Waals surface area (Å²) in [6.07, 6.45) is 3.98. The summed E-state index contributed by atoms with van der Waals surface area (Å²) < 4.78 is 2.06. The van der Waals surface area contributed by atoms with E-state index in [0.717, 1.165) is 17.8 Å². The van der Waals surface area contributed by atoms with Crippen molar-refractivity contribution in [3.8, 4) is 0 Å². The van der Waals surface area contributed by atoms with Gasteiger partial charge >= 0.3 is 0 Å². The Labute approximate surface area is 119 Å². The lowest BCUT2D eigenvalue weighted by Gasteiger charge is -2.05. The van der Waals surface area contributed by atoms with Gasteiger partial charge in [0, 0.05) is 18.6 Å². The van der Waals surface area contributed by atoms with E-state index in [1.54, 1.807) is 0 Å². The van der Waals surface area contributed by atoms with Crippen LogP contribution in [-0.2, 0) is 11.3 Å². The van der Waals surface area contributed by atoms with E-state index in [4.69, 9.17) is 0 Å². The first kappa shape index (κ1) is 15.2. The van der Waals surface area contributed by atoms with Crippen LogP contribution in [0.25, 0.3) is 0 Å². The van der Waals surface area contributed by atoms with E-state index in [9.17, 15) is 4.79 Å². The fourth-order valence-electron chi connectivity index (χ4n) is 1.82. The average molecular weight is 277 g/mol. The molecule has 1 N–H and O–H groups in total. The monoisotopic (exact) mass is 276 g/mol. The van der Waals surface area contributed by atoms with E-state index in [0.29, 0.717) is 0 Å². The number of hydrogen-bond acceptors (Lipinski definition) is 1. The third-order valence-electron chi connectivity index (χ3n) is 2.75. The molecule has 0 fully saturated rings. The van der Waals surface area contributed by atoms with Crippen LogP contribution in [0.3, 0.4) is 0 Å². The van der Waals surface area contributed by atoms with Crippen molar-refractivity contribution in [3.05, 3.63) is 59.9 Å². The Morgan fingerprint density at radius 3 is 2.53 bits per heavy atom. The first-order valence-corrected chi connectivity index (χ1v) is 5.96. The Hall–Kier alpha value is -1.87. The molecule has 100 valence electrons. The summed E-state index contributed by atoms with van der Waals surface area (Å²) in [5.74, 6) is -0.0458. The van der Waals surface area contributed by atoms with Crippen molar-refractivity contribution in [1.29, 1.82) is 0 Å². The Morgan fingerprint density at radius 2 is 1.89 bits per heavy atom. The molecule has 1 aromatic carbocycles. The van der Waals surface area contributed by atoms with Gasteiger partial charge in [-0.1, -0.05) is 30.3 Å². The van der Waals surface area contributed by atoms with Crippen LogP contribution in [0.2, 0.25) is 0 Å². The molecule has 19 heavy (non-hydrogen) atoms. The number of pyridine rings is 1. The minimum Gasteiger partial charge on any atom is -1.00 e. The van der Waals surface area contributed by atoms with Crippen LogP contribution in [0.5, 0.6) is 0 Å². The van der Waals surface area contributed by atoms with E-state index in [-0.39, 0.29) is 18.3 Å². The molecule has 2 aromatic rings. The van der Waals surface area contributed by atoms with Gasteiger partial charge in [0.1, 0.15) is 5.69 Å². The number of carbonyl (C=O) groups is 1. The number of rotatable bonds is 3. The van der Waals surface area contributed by atoms with Crippen molar-refractivity contribution in [2.24, 2.45) is 0 Å². The Balaban J connectivity index is 0.00000180. The van der Waals surface area contributed by atoms with Crippen molar-refractivity contribution >= 4 is 11.6 Å². The van der Waals surface area contributed by atoms with E-state index in [1.807, 2.05) is 43.6 Å². The molecule has 0 aliphatic rings. The van der Waals surface area contributed by atoms with Crippen molar-refractivity contribution in [1.82, 2.24) is 0 Å². The molecule has 0 atom stereocenters. The average Bonchev–Trinajstić information content (AvgIpc) is 2.34. The Kier molecular flexibility index (Phi) is 5.52. The lowest BCUT2D eigenvalue weighted by Crippen LogP contribution is -3.00. The second-order valence-corrected chi connectivity index (χ2v) is 4.38. The van der Waals surface area contributed by atoms with Crippen LogP contribution in [0, 0.1) is 6.92 Å². The summed E-state index contributed by atoms with van der Waals surface area (Å²) in [7, 11) is 0. The molecule has 4 heteroatoms. The van der Waals surface area contributed by atoms with E-state index >= 15 is 0 Å². The first-order valence-electron chi connectivity index (χ1n) is 5.96. The predicted octanol–water partition coefficient (Wildman–Crippen LogP) is -0.707. The third-order valence-corrected chi connectivity index (χ3v) is 2.75. The highest BCUT2D eigenvalue weighted by atomic mass is 35.5. The van der Waals surface area contributed by atoms with Crippen molar-refractivity contribution in [2.45, 2.75) is 20.4 Å². The van der Waals surface area contributed by atoms with Crippen molar-refractivity contribution in [3.63, 3.8) is 0 Å². The number of aryl methyl sites for hydroxylation is 1. The van der Waals surface area contributed by atoms with Crippen LogP contribution in [-0.4, -0.2) is 5.91 Å². The van der Waals surface area contributed by atoms with Gasteiger partial charge in [0.15, 0.2) is 18.9 Å². The van der Waals surface area contributed by atoms with Gasteiger partial charge in [-0.3, -0.25) is 4.79 Å². The van der Waals surface area contributed by atoms with Crippen LogP contribution in [0.4, 0.5) is 5.69 Å². The highest BCUT2D eigenvalue weighted by Crippen LogP contribution is 2.10. The van der Waals surface area contributed by atoms with E-state index in [2.05, 4.69) is 22.0 Å². The topological polar surface area (TPSA) is 33.0 Å². The lowest BCUT2D eigenvalue weighted by molar-refractivity contribution is -0.687. The third kappa shape index (κ3) is 4.38. The Morgan fingerprint density at radius 1 is 1.21 bits per heavy atom. The van der Waals surface area contributed by atoms with Crippen LogP contribution >= 0.6 is 0 Å². The molecule has 3 nitrogen and oxygen atoms in total. The number of anilines is 1. The highest BCUT2D eigenvalue weighted by molar-refractivity contribution is 5.89. The molecule has 2 rings (SSSR count). The quantitative estimate of drug-likeness (QED) is 0.739. The van der Waals surface area contributed by atoms with Gasteiger partial charge in [0.25, 0.3) is 0 Å². The number of hydrogen-bond donors (Lipinski definition) is 1. The van der Waals surface area contributed by atoms with Gasteiger partial charge in [0.2, 0.25) is 5.91 Å². The standard InChI is InChI=1S/C15H16N2O.ClH/c1-12-8-9-17(11-15(12)16-13(2)18)10-14-6-4-3-5-7-14;/h3-9,11H,10H2,1-2H3;1H. The summed E-state index contributed by atoms with van der Waals surface area (Å²) in [6.45, 7) is 4.31. The van der Waals surface area contributed by atoms with Crippen LogP contribution < -0.4 is 22.3 Å². The second-order valence-electron chi connectivity index (χ2n) is 4.38. The molecule has 0 saturated carbocycles. The fraction of sp³-hybridized carbons (Fsp3) is 0.200. The molecule has 0 aliphatic heterocycles. The molecule has 1 amide bonds. The number of halogens is 1. The largest absolute Gasteiger partial charge is 1.00 e. The molecule has 0 bridgehead atoms. The van der Waals surface area contributed by atoms with Crippen LogP contribution in [0.15, 0.2) is 48.8 Å². The van der Waals surface area contributed by atoms with E-state index in [1.165, 1.54) is 12.5 Å². The summed E-state index contributed by atoms with van der Waals surface area (Å²) in [5.41, 5.74) is 3.16. The van der Waals surface area contributed by atoms with Gasteiger partial charge < -0.3 is 17.7 Å². The number of amides is 1. The maximum atomic E-state index is 11.1. The SMILES string of the molecule is CC(=O)Nc1c[n+](Cc2ccccc2)ccc1C.[Cl-]. The smallest absolute Gasteiger partial charge is 0.221 e. The number of nitrogens with one attached hydrogen (secondary N) is 1. The second kappa shape index (κ2) is 6.90. The van der Waals surface area contributed by atoms with Gasteiger partial charge in [-0.15, -0.1) is 0 Å². The summed E-state index contributed by atoms with van der Waals surface area (Å²) in [6, 6.07) is 12.2. The summed E-state index contributed by atoms with van der Waals surface area (Å²) in [4.78, 5) is 11.1. The maximum absolute atomic E-state index is 11.1. The molecule has 0 saturated heterocycles. The molecule has 1 heterocycles. The maximum Gasteiger partial charge on any atom is 0.221 e. The molecular weight excluding hydrogens is 260 g/mol. The molecule has 0 aliphatic carbocycles. The molecule has 1 aromatic heterocycles. The summed E-state index contributed by atoms with van der Waals surface area (Å²) >= 11 is 0. The van der Waals surface area contributed by atoms with Crippen molar-refractivity contribution < 1.29 is 21.8 Å². The molecule has 0 spiro atoms. The zero-order valence-corrected chi connectivity index (χ0v) is 11.8. The number of benzene rings is 1. The molecular formula is C15H17ClN2O. The Bertz CT molecular complexity index is 555. The van der Waals surface area contributed by atoms with E-state index < -0.39 is 0 Å². The predicted molar refractivity (Wildman–Crippen MR) is 71.2 cm³/mol. The van der Waals surface area contributed by atoms with Crippen LogP contribution in [0.1, 0.15) is 18.1 Å². The first-order chi connectivity index (χ1) is 8.65. The minimum atomic E-state index is -0.0458. The van der Waals surface area contributed by atoms with Gasteiger partial charge in [-0.05, 0) is 12.5 Å². The zero-order chi connectivity index (χ0) is 13.0. The lowest BCUT2D eigenvalue weighted by atomic mass is 10.2. The highest BCUT2D eigenvalue weighted by Gasteiger charge is 2.08. The van der Waals surface area contributed by atoms with Gasteiger partial charge in [-0.25, -0.2) is 0 Å².